The largest absolute Gasteiger partial charge is 0.497 e. The number of nitrogens with zero attached hydrogens (tertiary/aromatic N) is 2. The minimum absolute atomic E-state index is 0.208. The molecule has 1 aromatic heterocycles. The highest BCUT2D eigenvalue weighted by molar-refractivity contribution is 7.14. The van der Waals surface area contributed by atoms with Crippen LogP contribution in [-0.2, 0) is 4.79 Å². The number of anilines is 1. The Labute approximate surface area is 153 Å². The zero-order chi connectivity index (χ0) is 17.8. The fraction of sp³-hybridized carbons (Fsp3) is 0.474. The van der Waals surface area contributed by atoms with Crippen molar-refractivity contribution in [1.29, 1.82) is 0 Å². The molecule has 2 aromatic rings. The number of hydrogen-bond donors (Lipinski definition) is 1. The van der Waals surface area contributed by atoms with Crippen molar-refractivity contribution in [1.82, 2.24) is 4.98 Å². The standard InChI is InChI=1S/C19H25N3O2S/c1-21(2)11-4-12-22(18(23)15-5-6-15)19-20-17(13-25-19)14-7-9-16(24-3)10-8-14/h7-10,13,15H,4-6,11-12H2,1-3H3/p+1. The Morgan fingerprint density at radius 1 is 1.32 bits per heavy atom. The molecule has 134 valence electrons. The van der Waals surface area contributed by atoms with Gasteiger partial charge in [0.2, 0.25) is 5.91 Å². The smallest absolute Gasteiger partial charge is 0.231 e. The van der Waals surface area contributed by atoms with Gasteiger partial charge in [-0.15, -0.1) is 11.3 Å². The van der Waals surface area contributed by atoms with Crippen molar-refractivity contribution in [3.8, 4) is 17.0 Å². The Balaban J connectivity index is 1.76. The molecule has 5 nitrogen and oxygen atoms in total. The zero-order valence-corrected chi connectivity index (χ0v) is 15.9. The first-order valence-corrected chi connectivity index (χ1v) is 9.67. The molecule has 1 fully saturated rings. The molecule has 1 heterocycles. The van der Waals surface area contributed by atoms with Crippen LogP contribution in [-0.4, -0.2) is 45.2 Å². The summed E-state index contributed by atoms with van der Waals surface area (Å²) >= 11 is 1.55. The number of ether oxygens (including phenoxy) is 1. The van der Waals surface area contributed by atoms with Gasteiger partial charge >= 0.3 is 0 Å². The summed E-state index contributed by atoms with van der Waals surface area (Å²) in [5, 5.41) is 2.85. The summed E-state index contributed by atoms with van der Waals surface area (Å²) in [5.74, 6) is 1.28. The van der Waals surface area contributed by atoms with E-state index >= 15 is 0 Å². The quantitative estimate of drug-likeness (QED) is 0.784. The van der Waals surface area contributed by atoms with Gasteiger partial charge in [0, 0.05) is 29.8 Å². The highest BCUT2D eigenvalue weighted by Gasteiger charge is 2.35. The molecular formula is C19H26N3O2S+. The molecule has 1 N–H and O–H groups in total. The first-order valence-electron chi connectivity index (χ1n) is 8.79. The van der Waals surface area contributed by atoms with Gasteiger partial charge in [-0.1, -0.05) is 0 Å². The maximum absolute atomic E-state index is 12.7. The predicted molar refractivity (Wildman–Crippen MR) is 101 cm³/mol. The van der Waals surface area contributed by atoms with E-state index in [4.69, 9.17) is 9.72 Å². The van der Waals surface area contributed by atoms with Crippen molar-refractivity contribution in [3.63, 3.8) is 0 Å². The molecule has 0 spiro atoms. The van der Waals surface area contributed by atoms with E-state index in [2.05, 4.69) is 14.1 Å². The number of quaternary nitrogens is 1. The highest BCUT2D eigenvalue weighted by atomic mass is 32.1. The lowest BCUT2D eigenvalue weighted by molar-refractivity contribution is -0.858. The van der Waals surface area contributed by atoms with Crippen LogP contribution in [0.1, 0.15) is 19.3 Å². The lowest BCUT2D eigenvalue weighted by Crippen LogP contribution is -3.05. The maximum Gasteiger partial charge on any atom is 0.231 e. The van der Waals surface area contributed by atoms with Crippen LogP contribution in [0.15, 0.2) is 29.6 Å². The topological polar surface area (TPSA) is 46.9 Å². The number of methoxy groups -OCH3 is 1. The van der Waals surface area contributed by atoms with E-state index in [-0.39, 0.29) is 11.8 Å². The summed E-state index contributed by atoms with van der Waals surface area (Å²) < 4.78 is 5.20. The summed E-state index contributed by atoms with van der Waals surface area (Å²) in [7, 11) is 5.93. The average molecular weight is 361 g/mol. The predicted octanol–water partition coefficient (Wildman–Crippen LogP) is 2.10. The summed E-state index contributed by atoms with van der Waals surface area (Å²) in [6, 6.07) is 7.86. The number of thiazole rings is 1. The van der Waals surface area contributed by atoms with E-state index in [1.165, 1.54) is 4.90 Å². The second-order valence-corrected chi connectivity index (χ2v) is 7.66. The number of hydrogen-bond acceptors (Lipinski definition) is 4. The number of carbonyl (C=O) groups is 1. The molecule has 0 unspecified atom stereocenters. The molecule has 3 rings (SSSR count). The van der Waals surface area contributed by atoms with Crippen molar-refractivity contribution >= 4 is 22.4 Å². The molecule has 1 amide bonds. The van der Waals surface area contributed by atoms with Crippen LogP contribution in [0.5, 0.6) is 5.75 Å². The van der Waals surface area contributed by atoms with Gasteiger partial charge < -0.3 is 9.64 Å². The lowest BCUT2D eigenvalue weighted by Gasteiger charge is -2.20. The molecule has 0 aliphatic heterocycles. The molecule has 1 aliphatic carbocycles. The summed E-state index contributed by atoms with van der Waals surface area (Å²) in [4.78, 5) is 20.7. The summed E-state index contributed by atoms with van der Waals surface area (Å²) in [6.45, 7) is 1.79. The fourth-order valence-corrected chi connectivity index (χ4v) is 3.59. The van der Waals surface area contributed by atoms with Crippen LogP contribution in [0.2, 0.25) is 0 Å². The van der Waals surface area contributed by atoms with E-state index in [1.807, 2.05) is 34.5 Å². The average Bonchev–Trinajstić information content (AvgIpc) is 3.36. The third-order valence-electron chi connectivity index (χ3n) is 4.36. The number of rotatable bonds is 8. The Bertz CT molecular complexity index is 708. The van der Waals surface area contributed by atoms with Crippen molar-refractivity contribution in [2.24, 2.45) is 5.92 Å². The Morgan fingerprint density at radius 2 is 2.04 bits per heavy atom. The van der Waals surface area contributed by atoms with Gasteiger partial charge in [-0.3, -0.25) is 9.69 Å². The number of nitrogens with one attached hydrogen (secondary N) is 1. The second-order valence-electron chi connectivity index (χ2n) is 6.82. The normalized spacial score (nSPS) is 13.9. The van der Waals surface area contributed by atoms with E-state index in [0.717, 1.165) is 54.5 Å². The van der Waals surface area contributed by atoms with Gasteiger partial charge in [0.25, 0.3) is 0 Å². The monoisotopic (exact) mass is 360 g/mol. The molecule has 25 heavy (non-hydrogen) atoms. The van der Waals surface area contributed by atoms with E-state index < -0.39 is 0 Å². The van der Waals surface area contributed by atoms with Crippen molar-refractivity contribution in [3.05, 3.63) is 29.6 Å². The minimum atomic E-state index is 0.208. The number of benzene rings is 1. The molecule has 0 atom stereocenters. The molecule has 0 saturated heterocycles. The summed E-state index contributed by atoms with van der Waals surface area (Å²) in [5.41, 5.74) is 1.95. The Morgan fingerprint density at radius 3 is 2.64 bits per heavy atom. The number of aromatic nitrogens is 1. The Hall–Kier alpha value is -1.92. The van der Waals surface area contributed by atoms with E-state index in [0.29, 0.717) is 0 Å². The third-order valence-corrected chi connectivity index (χ3v) is 5.22. The van der Waals surface area contributed by atoms with Crippen molar-refractivity contribution < 1.29 is 14.4 Å². The molecule has 1 aromatic carbocycles. The van der Waals surface area contributed by atoms with Gasteiger partial charge in [0.05, 0.1) is 33.4 Å². The highest BCUT2D eigenvalue weighted by Crippen LogP contribution is 2.35. The first-order chi connectivity index (χ1) is 12.1. The van der Waals surface area contributed by atoms with Crippen LogP contribution < -0.4 is 14.5 Å². The van der Waals surface area contributed by atoms with E-state index in [9.17, 15) is 4.79 Å². The number of amides is 1. The van der Waals surface area contributed by atoms with Gasteiger partial charge in [-0.2, -0.15) is 0 Å². The van der Waals surface area contributed by atoms with Gasteiger partial charge in [-0.25, -0.2) is 4.98 Å². The third kappa shape index (κ3) is 4.58. The molecule has 0 radical (unpaired) electrons. The van der Waals surface area contributed by atoms with Crippen LogP contribution >= 0.6 is 11.3 Å². The van der Waals surface area contributed by atoms with Crippen LogP contribution in [0.3, 0.4) is 0 Å². The number of carbonyl (C=O) groups excluding carboxylic acids is 1. The van der Waals surface area contributed by atoms with Crippen LogP contribution in [0.4, 0.5) is 5.13 Å². The van der Waals surface area contributed by atoms with Crippen LogP contribution in [0.25, 0.3) is 11.3 Å². The lowest BCUT2D eigenvalue weighted by atomic mass is 10.2. The maximum atomic E-state index is 12.7. The minimum Gasteiger partial charge on any atom is -0.497 e. The van der Waals surface area contributed by atoms with Crippen molar-refractivity contribution in [2.75, 3.05) is 39.2 Å². The van der Waals surface area contributed by atoms with Gasteiger partial charge in [-0.05, 0) is 37.1 Å². The zero-order valence-electron chi connectivity index (χ0n) is 15.1. The summed E-state index contributed by atoms with van der Waals surface area (Å²) in [6.07, 6.45) is 3.02. The van der Waals surface area contributed by atoms with Gasteiger partial charge in [0.15, 0.2) is 5.13 Å². The van der Waals surface area contributed by atoms with Gasteiger partial charge in [0.1, 0.15) is 5.75 Å². The molecule has 6 heteroatoms. The van der Waals surface area contributed by atoms with Crippen LogP contribution in [0, 0.1) is 5.92 Å². The first kappa shape index (κ1) is 17.9. The molecular weight excluding hydrogens is 334 g/mol. The van der Waals surface area contributed by atoms with E-state index in [1.54, 1.807) is 18.4 Å². The second kappa shape index (κ2) is 7.97. The molecule has 0 bridgehead atoms. The van der Waals surface area contributed by atoms with Crippen molar-refractivity contribution in [2.45, 2.75) is 19.3 Å². The Kier molecular flexibility index (Phi) is 5.71. The fourth-order valence-electron chi connectivity index (χ4n) is 2.72. The SMILES string of the molecule is COc1ccc(-c2csc(N(CCC[NH+](C)C)C(=O)C3CC3)n2)cc1. The molecule has 1 aliphatic rings. The molecule has 1 saturated carbocycles.